The van der Waals surface area contributed by atoms with Crippen LogP contribution in [-0.2, 0) is 10.0 Å². The van der Waals surface area contributed by atoms with Crippen molar-refractivity contribution in [3.63, 3.8) is 0 Å². The average molecular weight is 275 g/mol. The first kappa shape index (κ1) is 14.2. The molecule has 0 aliphatic heterocycles. The summed E-state index contributed by atoms with van der Waals surface area (Å²) in [5, 5.41) is -0.00216. The molecule has 1 aromatic rings. The van der Waals surface area contributed by atoms with Crippen LogP contribution in [0.15, 0.2) is 35.9 Å². The van der Waals surface area contributed by atoms with Gasteiger partial charge in [-0.05, 0) is 18.6 Å². The molecule has 94 valence electrons. The molecule has 4 nitrogen and oxygen atoms in total. The van der Waals surface area contributed by atoms with Crippen LogP contribution in [0.3, 0.4) is 0 Å². The van der Waals surface area contributed by atoms with Gasteiger partial charge in [0.25, 0.3) is 0 Å². The van der Waals surface area contributed by atoms with Gasteiger partial charge in [0.1, 0.15) is 10.0 Å². The first-order valence-electron chi connectivity index (χ1n) is 5.25. The van der Waals surface area contributed by atoms with Gasteiger partial charge in [0, 0.05) is 19.3 Å². The molecule has 1 rings (SSSR count). The predicted molar refractivity (Wildman–Crippen MR) is 68.5 cm³/mol. The highest BCUT2D eigenvalue weighted by Crippen LogP contribution is 2.22. The number of halogens is 1. The summed E-state index contributed by atoms with van der Waals surface area (Å²) in [5.41, 5.74) is 0. The van der Waals surface area contributed by atoms with Crippen molar-refractivity contribution in [2.45, 2.75) is 18.2 Å². The van der Waals surface area contributed by atoms with Gasteiger partial charge in [-0.1, -0.05) is 24.6 Å². The largest absolute Gasteiger partial charge is 0.246 e. The third kappa shape index (κ3) is 3.28. The lowest BCUT2D eigenvalue weighted by molar-refractivity contribution is 0.441. The van der Waals surface area contributed by atoms with E-state index in [1.54, 1.807) is 12.1 Å². The molecule has 0 N–H and O–H groups in total. The summed E-state index contributed by atoms with van der Waals surface area (Å²) in [6, 6.07) is 3.01. The maximum atomic E-state index is 12.3. The lowest BCUT2D eigenvalue weighted by atomic mass is 10.5. The lowest BCUT2D eigenvalue weighted by Crippen LogP contribution is -2.32. The van der Waals surface area contributed by atoms with Crippen LogP contribution in [0.25, 0.3) is 0 Å². The van der Waals surface area contributed by atoms with E-state index >= 15 is 0 Å². The SMILES string of the molecule is C=CCN(CCC)S(=O)(=O)c1cccnc1Cl. The van der Waals surface area contributed by atoms with Gasteiger partial charge in [-0.2, -0.15) is 4.31 Å². The van der Waals surface area contributed by atoms with E-state index in [0.29, 0.717) is 6.54 Å². The van der Waals surface area contributed by atoms with Crippen molar-refractivity contribution in [2.24, 2.45) is 0 Å². The second-order valence-electron chi connectivity index (χ2n) is 3.44. The maximum Gasteiger partial charge on any atom is 0.246 e. The summed E-state index contributed by atoms with van der Waals surface area (Å²) < 4.78 is 25.9. The monoisotopic (exact) mass is 274 g/mol. The molecule has 0 aliphatic carbocycles. The molecular weight excluding hydrogens is 260 g/mol. The van der Waals surface area contributed by atoms with E-state index < -0.39 is 10.0 Å². The highest BCUT2D eigenvalue weighted by molar-refractivity contribution is 7.89. The molecule has 0 spiro atoms. The van der Waals surface area contributed by atoms with Gasteiger partial charge in [0.2, 0.25) is 10.0 Å². The first-order chi connectivity index (χ1) is 8.04. The van der Waals surface area contributed by atoms with Crippen LogP contribution in [-0.4, -0.2) is 30.8 Å². The van der Waals surface area contributed by atoms with E-state index in [9.17, 15) is 8.42 Å². The summed E-state index contributed by atoms with van der Waals surface area (Å²) in [6.07, 6.45) is 3.74. The Morgan fingerprint density at radius 2 is 2.29 bits per heavy atom. The predicted octanol–water partition coefficient (Wildman–Crippen LogP) is 2.32. The second kappa shape index (κ2) is 6.14. The van der Waals surface area contributed by atoms with Crippen molar-refractivity contribution in [1.82, 2.24) is 9.29 Å². The van der Waals surface area contributed by atoms with Gasteiger partial charge in [0.15, 0.2) is 0 Å². The van der Waals surface area contributed by atoms with Crippen LogP contribution in [0.5, 0.6) is 0 Å². The van der Waals surface area contributed by atoms with E-state index in [-0.39, 0.29) is 16.6 Å². The van der Waals surface area contributed by atoms with E-state index in [0.717, 1.165) is 6.42 Å². The van der Waals surface area contributed by atoms with E-state index in [2.05, 4.69) is 11.6 Å². The van der Waals surface area contributed by atoms with Crippen molar-refractivity contribution in [1.29, 1.82) is 0 Å². The summed E-state index contributed by atoms with van der Waals surface area (Å²) >= 11 is 5.81. The highest BCUT2D eigenvalue weighted by atomic mass is 35.5. The molecule has 6 heteroatoms. The van der Waals surface area contributed by atoms with E-state index in [1.165, 1.54) is 16.6 Å². The van der Waals surface area contributed by atoms with Crippen molar-refractivity contribution < 1.29 is 8.42 Å². The normalized spacial score (nSPS) is 11.7. The van der Waals surface area contributed by atoms with Crippen LogP contribution in [0.1, 0.15) is 13.3 Å². The fourth-order valence-electron chi connectivity index (χ4n) is 1.41. The molecule has 17 heavy (non-hydrogen) atoms. The number of pyridine rings is 1. The second-order valence-corrected chi connectivity index (χ2v) is 5.71. The Kier molecular flexibility index (Phi) is 5.11. The van der Waals surface area contributed by atoms with Crippen molar-refractivity contribution in [3.05, 3.63) is 36.1 Å². The van der Waals surface area contributed by atoms with Crippen LogP contribution in [0.4, 0.5) is 0 Å². The molecule has 0 atom stereocenters. The third-order valence-corrected chi connectivity index (χ3v) is 4.46. The Hall–Kier alpha value is -0.910. The molecule has 0 fully saturated rings. The van der Waals surface area contributed by atoms with Gasteiger partial charge in [0.05, 0.1) is 0 Å². The molecule has 0 saturated carbocycles. The number of sulfonamides is 1. The summed E-state index contributed by atoms with van der Waals surface area (Å²) in [4.78, 5) is 3.82. The lowest BCUT2D eigenvalue weighted by Gasteiger charge is -2.20. The van der Waals surface area contributed by atoms with E-state index in [1.807, 2.05) is 6.92 Å². The summed E-state index contributed by atoms with van der Waals surface area (Å²) in [6.45, 7) is 6.17. The zero-order chi connectivity index (χ0) is 12.9. The smallest absolute Gasteiger partial charge is 0.243 e. The zero-order valence-electron chi connectivity index (χ0n) is 9.63. The Balaban J connectivity index is 3.16. The zero-order valence-corrected chi connectivity index (χ0v) is 11.2. The molecule has 0 amide bonds. The molecular formula is C11H15ClN2O2S. The Labute approximate surface area is 107 Å². The molecule has 0 unspecified atom stereocenters. The first-order valence-corrected chi connectivity index (χ1v) is 7.07. The van der Waals surface area contributed by atoms with Gasteiger partial charge >= 0.3 is 0 Å². The third-order valence-electron chi connectivity index (χ3n) is 2.15. The van der Waals surface area contributed by atoms with Crippen molar-refractivity contribution in [3.8, 4) is 0 Å². The van der Waals surface area contributed by atoms with E-state index in [4.69, 9.17) is 11.6 Å². The number of rotatable bonds is 6. The maximum absolute atomic E-state index is 12.3. The molecule has 1 heterocycles. The topological polar surface area (TPSA) is 50.3 Å². The van der Waals surface area contributed by atoms with Gasteiger partial charge < -0.3 is 0 Å². The van der Waals surface area contributed by atoms with Crippen LogP contribution >= 0.6 is 11.6 Å². The molecule has 0 aliphatic rings. The standard InChI is InChI=1S/C11H15ClN2O2S/c1-3-8-14(9-4-2)17(15,16)10-6-5-7-13-11(10)12/h3,5-7H,1,4,8-9H2,2H3. The van der Waals surface area contributed by atoms with Crippen LogP contribution in [0.2, 0.25) is 5.15 Å². The van der Waals surface area contributed by atoms with Gasteiger partial charge in [-0.15, -0.1) is 6.58 Å². The molecule has 0 radical (unpaired) electrons. The summed E-state index contributed by atoms with van der Waals surface area (Å²) in [5.74, 6) is 0. The minimum absolute atomic E-state index is 0.00216. The molecule has 1 aromatic heterocycles. The number of hydrogen-bond acceptors (Lipinski definition) is 3. The molecule has 0 saturated heterocycles. The fourth-order valence-corrected chi connectivity index (χ4v) is 3.34. The van der Waals surface area contributed by atoms with Gasteiger partial charge in [-0.25, -0.2) is 13.4 Å². The average Bonchev–Trinajstić information content (AvgIpc) is 2.29. The van der Waals surface area contributed by atoms with Gasteiger partial charge in [-0.3, -0.25) is 0 Å². The quantitative estimate of drug-likeness (QED) is 0.591. The minimum atomic E-state index is -3.59. The van der Waals surface area contributed by atoms with Crippen LogP contribution in [0, 0.1) is 0 Å². The molecule has 0 bridgehead atoms. The van der Waals surface area contributed by atoms with Crippen molar-refractivity contribution in [2.75, 3.05) is 13.1 Å². The van der Waals surface area contributed by atoms with Crippen LogP contribution < -0.4 is 0 Å². The summed E-state index contributed by atoms with van der Waals surface area (Å²) in [7, 11) is -3.59. The Bertz CT molecular complexity index is 488. The fraction of sp³-hybridized carbons (Fsp3) is 0.364. The Morgan fingerprint density at radius 1 is 1.59 bits per heavy atom. The number of hydrogen-bond donors (Lipinski definition) is 0. The minimum Gasteiger partial charge on any atom is -0.243 e. The Morgan fingerprint density at radius 3 is 2.82 bits per heavy atom. The number of aromatic nitrogens is 1. The molecule has 0 aromatic carbocycles. The number of nitrogens with zero attached hydrogens (tertiary/aromatic N) is 2. The van der Waals surface area contributed by atoms with Crippen molar-refractivity contribution >= 4 is 21.6 Å². The highest BCUT2D eigenvalue weighted by Gasteiger charge is 2.25.